The Morgan fingerprint density at radius 1 is 1.14 bits per heavy atom. The second-order valence-corrected chi connectivity index (χ2v) is 6.14. The molecule has 0 aliphatic heterocycles. The molecule has 0 aliphatic carbocycles. The van der Waals surface area contributed by atoms with Crippen molar-refractivity contribution in [3.05, 3.63) is 48.0 Å². The van der Waals surface area contributed by atoms with E-state index in [1.807, 2.05) is 0 Å². The molecule has 116 valence electrons. The van der Waals surface area contributed by atoms with Crippen LogP contribution in [0.3, 0.4) is 0 Å². The molecule has 2 aromatic rings. The molecule has 6 N–H and O–H groups in total. The molecular formula is C14H15N3O4S. The summed E-state index contributed by atoms with van der Waals surface area (Å²) < 4.78 is 22.8. The van der Waals surface area contributed by atoms with E-state index in [1.54, 1.807) is 30.3 Å². The van der Waals surface area contributed by atoms with Gasteiger partial charge in [-0.1, -0.05) is 36.4 Å². The van der Waals surface area contributed by atoms with Gasteiger partial charge >= 0.3 is 6.03 Å². The second kappa shape index (κ2) is 6.04. The van der Waals surface area contributed by atoms with E-state index >= 15 is 0 Å². The normalized spacial score (nSPS) is 11.1. The predicted octanol–water partition coefficient (Wildman–Crippen LogP) is 0.875. The van der Waals surface area contributed by atoms with Crippen LogP contribution in [0.2, 0.25) is 0 Å². The van der Waals surface area contributed by atoms with Crippen molar-refractivity contribution < 1.29 is 18.3 Å². The molecule has 0 atom stereocenters. The molecule has 0 saturated carbocycles. The third kappa shape index (κ3) is 3.54. The highest BCUT2D eigenvalue weighted by Crippen LogP contribution is 2.34. The van der Waals surface area contributed by atoms with Gasteiger partial charge in [-0.3, -0.25) is 0 Å². The van der Waals surface area contributed by atoms with Gasteiger partial charge in [-0.2, -0.15) is 0 Å². The average Bonchev–Trinajstić information content (AvgIpc) is 2.45. The summed E-state index contributed by atoms with van der Waals surface area (Å²) in [5, 5.41) is 17.6. The maximum Gasteiger partial charge on any atom is 0.312 e. The maximum atomic E-state index is 11.4. The van der Waals surface area contributed by atoms with E-state index in [1.165, 1.54) is 12.1 Å². The van der Waals surface area contributed by atoms with Crippen LogP contribution in [0, 0.1) is 0 Å². The van der Waals surface area contributed by atoms with Gasteiger partial charge in [-0.25, -0.2) is 18.4 Å². The second-order valence-electron chi connectivity index (χ2n) is 4.61. The van der Waals surface area contributed by atoms with Crippen molar-refractivity contribution in [2.75, 3.05) is 0 Å². The van der Waals surface area contributed by atoms with Crippen molar-refractivity contribution in [2.45, 2.75) is 11.4 Å². The van der Waals surface area contributed by atoms with Crippen LogP contribution < -0.4 is 16.2 Å². The number of rotatable bonds is 4. The number of hydrogen-bond donors (Lipinski definition) is 4. The zero-order valence-corrected chi connectivity index (χ0v) is 12.3. The first-order valence-corrected chi connectivity index (χ1v) is 7.81. The smallest absolute Gasteiger partial charge is 0.312 e. The highest BCUT2D eigenvalue weighted by Gasteiger charge is 2.17. The zero-order chi connectivity index (χ0) is 16.3. The van der Waals surface area contributed by atoms with Crippen molar-refractivity contribution in [3.8, 4) is 16.9 Å². The fourth-order valence-corrected chi connectivity index (χ4v) is 2.62. The molecule has 7 nitrogen and oxygen atoms in total. The number of primary sulfonamides is 1. The van der Waals surface area contributed by atoms with Crippen molar-refractivity contribution in [2.24, 2.45) is 10.9 Å². The number of phenolic OH excluding ortho intramolecular Hbond substituents is 1. The number of nitrogens with two attached hydrogens (primary N) is 2. The number of carbonyl (C=O) groups excluding carboxylic acids is 1. The van der Waals surface area contributed by atoms with E-state index in [2.05, 4.69) is 5.32 Å². The van der Waals surface area contributed by atoms with Gasteiger partial charge in [0, 0.05) is 12.1 Å². The molecule has 0 radical (unpaired) electrons. The Bertz CT molecular complexity index is 801. The maximum absolute atomic E-state index is 11.4. The summed E-state index contributed by atoms with van der Waals surface area (Å²) in [6.07, 6.45) is 0. The van der Waals surface area contributed by atoms with Gasteiger partial charge in [0.25, 0.3) is 0 Å². The molecule has 0 aromatic heterocycles. The summed E-state index contributed by atoms with van der Waals surface area (Å²) >= 11 is 0. The highest BCUT2D eigenvalue weighted by atomic mass is 32.2. The summed E-state index contributed by atoms with van der Waals surface area (Å²) in [4.78, 5) is 10.3. The van der Waals surface area contributed by atoms with Crippen LogP contribution >= 0.6 is 0 Å². The molecule has 0 unspecified atom stereocenters. The molecule has 0 fully saturated rings. The lowest BCUT2D eigenvalue weighted by Crippen LogP contribution is -2.28. The van der Waals surface area contributed by atoms with Crippen LogP contribution in [-0.4, -0.2) is 19.6 Å². The molecule has 8 heteroatoms. The highest BCUT2D eigenvalue weighted by molar-refractivity contribution is 7.89. The van der Waals surface area contributed by atoms with Crippen LogP contribution in [0.4, 0.5) is 4.79 Å². The van der Waals surface area contributed by atoms with Gasteiger partial charge in [0.2, 0.25) is 10.0 Å². The number of urea groups is 1. The predicted molar refractivity (Wildman–Crippen MR) is 81.3 cm³/mol. The molecular weight excluding hydrogens is 306 g/mol. The Morgan fingerprint density at radius 2 is 1.77 bits per heavy atom. The minimum Gasteiger partial charge on any atom is -0.506 e. The van der Waals surface area contributed by atoms with Crippen molar-refractivity contribution in [1.82, 2.24) is 5.32 Å². The number of phenols is 1. The first kappa shape index (κ1) is 15.8. The fraction of sp³-hybridized carbons (Fsp3) is 0.0714. The minimum absolute atomic E-state index is 0.277. The number of hydrogen-bond acceptors (Lipinski definition) is 4. The molecule has 0 bridgehead atoms. The van der Waals surface area contributed by atoms with Crippen LogP contribution in [0.15, 0.2) is 47.4 Å². The van der Waals surface area contributed by atoms with Gasteiger partial charge in [-0.05, 0) is 17.2 Å². The molecule has 2 amide bonds. The molecule has 0 saturated heterocycles. The van der Waals surface area contributed by atoms with E-state index in [4.69, 9.17) is 10.9 Å². The lowest BCUT2D eigenvalue weighted by molar-refractivity contribution is 0.248. The number of sulfonamides is 1. The molecule has 0 spiro atoms. The first-order valence-electron chi connectivity index (χ1n) is 6.26. The fourth-order valence-electron chi connectivity index (χ4n) is 1.98. The van der Waals surface area contributed by atoms with E-state index in [0.29, 0.717) is 11.1 Å². The number of amides is 2. The van der Waals surface area contributed by atoms with Gasteiger partial charge in [-0.15, -0.1) is 0 Å². The lowest BCUT2D eigenvalue weighted by atomic mass is 10.0. The van der Waals surface area contributed by atoms with E-state index in [9.17, 15) is 18.3 Å². The van der Waals surface area contributed by atoms with Gasteiger partial charge in [0.05, 0.1) is 0 Å². The van der Waals surface area contributed by atoms with Crippen LogP contribution in [0.25, 0.3) is 11.1 Å². The summed E-state index contributed by atoms with van der Waals surface area (Å²) in [5.41, 5.74) is 6.76. The van der Waals surface area contributed by atoms with Crippen LogP contribution in [0.5, 0.6) is 5.75 Å². The van der Waals surface area contributed by atoms with Gasteiger partial charge < -0.3 is 16.2 Å². The third-order valence-corrected chi connectivity index (χ3v) is 3.98. The van der Waals surface area contributed by atoms with Gasteiger partial charge in [0.1, 0.15) is 10.6 Å². The number of benzene rings is 2. The molecule has 22 heavy (non-hydrogen) atoms. The molecule has 2 aromatic carbocycles. The Balaban J connectivity index is 2.35. The van der Waals surface area contributed by atoms with Crippen molar-refractivity contribution >= 4 is 16.1 Å². The number of carbonyl (C=O) groups is 1. The quantitative estimate of drug-likeness (QED) is 0.664. The Kier molecular flexibility index (Phi) is 4.34. The number of primary amides is 1. The number of nitrogens with one attached hydrogen (secondary N) is 1. The summed E-state index contributed by atoms with van der Waals surface area (Å²) in [6, 6.07) is 10.5. The minimum atomic E-state index is -4.00. The summed E-state index contributed by atoms with van der Waals surface area (Å²) in [7, 11) is -4.00. The zero-order valence-electron chi connectivity index (χ0n) is 11.5. The average molecular weight is 321 g/mol. The largest absolute Gasteiger partial charge is 0.506 e. The summed E-state index contributed by atoms with van der Waals surface area (Å²) in [6.45, 7) is 0.277. The lowest BCUT2D eigenvalue weighted by Gasteiger charge is -2.09. The van der Waals surface area contributed by atoms with Crippen LogP contribution in [0.1, 0.15) is 5.56 Å². The van der Waals surface area contributed by atoms with E-state index < -0.39 is 21.8 Å². The van der Waals surface area contributed by atoms with Crippen molar-refractivity contribution in [1.29, 1.82) is 0 Å². The van der Waals surface area contributed by atoms with Crippen LogP contribution in [-0.2, 0) is 16.6 Å². The number of para-hydroxylation sites is 1. The molecule has 2 rings (SSSR count). The van der Waals surface area contributed by atoms with E-state index in [0.717, 1.165) is 5.56 Å². The van der Waals surface area contributed by atoms with Crippen molar-refractivity contribution in [3.63, 3.8) is 0 Å². The third-order valence-electron chi connectivity index (χ3n) is 3.04. The standard InChI is InChI=1S/C14H15N3O4S/c15-14(19)17-8-9-4-6-10(7-5-9)11-2-1-3-12(13(11)18)22(16,20)21/h1-7,18H,8H2,(H3,15,17,19)(H2,16,20,21). The monoisotopic (exact) mass is 321 g/mol. The Labute approximate surface area is 127 Å². The number of aromatic hydroxyl groups is 1. The first-order chi connectivity index (χ1) is 10.3. The Hall–Kier alpha value is -2.58. The molecule has 0 aliphatic rings. The Morgan fingerprint density at radius 3 is 2.32 bits per heavy atom. The SMILES string of the molecule is NC(=O)NCc1ccc(-c2cccc(S(N)(=O)=O)c2O)cc1. The summed E-state index contributed by atoms with van der Waals surface area (Å²) in [5.74, 6) is -0.395. The van der Waals surface area contributed by atoms with E-state index in [-0.39, 0.29) is 11.4 Å². The molecule has 0 heterocycles. The van der Waals surface area contributed by atoms with Gasteiger partial charge in [0.15, 0.2) is 0 Å². The topological polar surface area (TPSA) is 136 Å².